The number of hydrogen-bond donors (Lipinski definition) is 0. The smallest absolute Gasteiger partial charge is 0.230 e. The molecule has 3 heterocycles. The number of rotatable bonds is 4. The van der Waals surface area contributed by atoms with Crippen LogP contribution in [0.4, 0.5) is 5.82 Å². The minimum Gasteiger partial charge on any atom is -0.383 e. The number of likely N-dealkylation sites (tertiary alicyclic amines) is 1. The zero-order chi connectivity index (χ0) is 17.3. The normalized spacial score (nSPS) is 23.8. The Hall–Kier alpha value is -2.14. The van der Waals surface area contributed by atoms with E-state index < -0.39 is 0 Å². The Labute approximate surface area is 148 Å². The number of carbonyl (C=O) groups excluding carboxylic acids is 1. The molecule has 0 radical (unpaired) electrons. The lowest BCUT2D eigenvalue weighted by Crippen LogP contribution is -2.51. The minimum absolute atomic E-state index is 0.237. The highest BCUT2D eigenvalue weighted by Gasteiger charge is 2.48. The molecule has 1 aromatic heterocycles. The summed E-state index contributed by atoms with van der Waals surface area (Å²) in [5, 5.41) is 1.15. The van der Waals surface area contributed by atoms with Crippen LogP contribution in [0.3, 0.4) is 0 Å². The number of piperidine rings is 1. The molecule has 2 aromatic rings. The van der Waals surface area contributed by atoms with Gasteiger partial charge in [0, 0.05) is 38.7 Å². The number of para-hydroxylation sites is 1. The Morgan fingerprint density at radius 2 is 2.04 bits per heavy atom. The molecule has 0 unspecified atom stereocenters. The molecule has 1 spiro atoms. The molecule has 1 atom stereocenters. The fourth-order valence-corrected chi connectivity index (χ4v) is 4.25. The number of methoxy groups -OCH3 is 1. The van der Waals surface area contributed by atoms with Crippen LogP contribution in [0.1, 0.15) is 19.3 Å². The van der Waals surface area contributed by atoms with Crippen molar-refractivity contribution in [1.29, 1.82) is 0 Å². The van der Waals surface area contributed by atoms with E-state index in [-0.39, 0.29) is 5.41 Å². The van der Waals surface area contributed by atoms with E-state index in [0.29, 0.717) is 19.1 Å². The van der Waals surface area contributed by atoms with Gasteiger partial charge in [-0.25, -0.2) is 4.98 Å². The molecule has 0 bridgehead atoms. The van der Waals surface area contributed by atoms with E-state index in [0.717, 1.165) is 55.6 Å². The zero-order valence-electron chi connectivity index (χ0n) is 14.8. The average molecular weight is 339 g/mol. The summed E-state index contributed by atoms with van der Waals surface area (Å²) >= 11 is 0. The van der Waals surface area contributed by atoms with Gasteiger partial charge in [0.05, 0.1) is 17.5 Å². The molecule has 5 nitrogen and oxygen atoms in total. The van der Waals surface area contributed by atoms with Gasteiger partial charge in [-0.1, -0.05) is 18.2 Å². The predicted molar refractivity (Wildman–Crippen MR) is 98.7 cm³/mol. The van der Waals surface area contributed by atoms with Gasteiger partial charge in [-0.15, -0.1) is 0 Å². The summed E-state index contributed by atoms with van der Waals surface area (Å²) in [4.78, 5) is 22.2. The van der Waals surface area contributed by atoms with E-state index >= 15 is 0 Å². The quantitative estimate of drug-likeness (QED) is 0.859. The second kappa shape index (κ2) is 6.64. The van der Waals surface area contributed by atoms with E-state index in [4.69, 9.17) is 9.72 Å². The summed E-state index contributed by atoms with van der Waals surface area (Å²) in [5.41, 5.74) is 0.775. The predicted octanol–water partition coefficient (Wildman–Crippen LogP) is 2.70. The van der Waals surface area contributed by atoms with E-state index in [1.165, 1.54) is 0 Å². The lowest BCUT2D eigenvalue weighted by atomic mass is 9.78. The van der Waals surface area contributed by atoms with Crippen LogP contribution < -0.4 is 4.90 Å². The maximum Gasteiger partial charge on any atom is 0.230 e. The van der Waals surface area contributed by atoms with Crippen molar-refractivity contribution in [3.05, 3.63) is 36.4 Å². The van der Waals surface area contributed by atoms with Gasteiger partial charge in [-0.2, -0.15) is 0 Å². The number of anilines is 1. The van der Waals surface area contributed by atoms with Crippen LogP contribution in [0.15, 0.2) is 36.4 Å². The number of benzene rings is 1. The maximum absolute atomic E-state index is 13.1. The van der Waals surface area contributed by atoms with Gasteiger partial charge in [0.25, 0.3) is 0 Å². The summed E-state index contributed by atoms with van der Waals surface area (Å²) in [6.07, 6.45) is 2.98. The fraction of sp³-hybridized carbons (Fsp3) is 0.500. The molecule has 2 aliphatic rings. The van der Waals surface area contributed by atoms with Gasteiger partial charge in [0.2, 0.25) is 5.91 Å². The first-order chi connectivity index (χ1) is 12.2. The Balaban J connectivity index is 1.54. The average Bonchev–Trinajstić information content (AvgIpc) is 3.08. The molecule has 132 valence electrons. The SMILES string of the molecule is COCCN1CCC[C@@]2(CCN(c3ccc4ccccc4n3)C2)C1=O. The van der Waals surface area contributed by atoms with Crippen molar-refractivity contribution in [2.24, 2.45) is 5.41 Å². The van der Waals surface area contributed by atoms with Crippen molar-refractivity contribution in [3.63, 3.8) is 0 Å². The molecule has 2 fully saturated rings. The third-order valence-corrected chi connectivity index (χ3v) is 5.65. The number of fused-ring (bicyclic) bond motifs is 1. The first-order valence-electron chi connectivity index (χ1n) is 9.11. The highest BCUT2D eigenvalue weighted by atomic mass is 16.5. The van der Waals surface area contributed by atoms with Gasteiger partial charge in [0.1, 0.15) is 5.82 Å². The van der Waals surface area contributed by atoms with Gasteiger partial charge >= 0.3 is 0 Å². The van der Waals surface area contributed by atoms with Crippen molar-refractivity contribution < 1.29 is 9.53 Å². The zero-order valence-corrected chi connectivity index (χ0v) is 14.8. The van der Waals surface area contributed by atoms with Crippen LogP contribution in [-0.4, -0.2) is 55.7 Å². The molecule has 0 saturated carbocycles. The summed E-state index contributed by atoms with van der Waals surface area (Å²) in [5.74, 6) is 1.29. The van der Waals surface area contributed by atoms with Crippen LogP contribution in [0.25, 0.3) is 10.9 Å². The number of nitrogens with zero attached hydrogens (tertiary/aromatic N) is 3. The lowest BCUT2D eigenvalue weighted by Gasteiger charge is -2.39. The van der Waals surface area contributed by atoms with Crippen molar-refractivity contribution in [1.82, 2.24) is 9.88 Å². The molecule has 0 aliphatic carbocycles. The van der Waals surface area contributed by atoms with Crippen LogP contribution in [0, 0.1) is 5.41 Å². The molecule has 2 saturated heterocycles. The second-order valence-corrected chi connectivity index (χ2v) is 7.20. The van der Waals surface area contributed by atoms with E-state index in [9.17, 15) is 4.79 Å². The highest BCUT2D eigenvalue weighted by Crippen LogP contribution is 2.41. The number of amides is 1. The van der Waals surface area contributed by atoms with E-state index in [1.54, 1.807) is 7.11 Å². The highest BCUT2D eigenvalue weighted by molar-refractivity contribution is 5.85. The van der Waals surface area contributed by atoms with Gasteiger partial charge in [0.15, 0.2) is 0 Å². The Kier molecular flexibility index (Phi) is 4.34. The molecular formula is C20H25N3O2. The Morgan fingerprint density at radius 1 is 1.16 bits per heavy atom. The van der Waals surface area contributed by atoms with Crippen molar-refractivity contribution in [2.45, 2.75) is 19.3 Å². The molecule has 0 N–H and O–H groups in total. The topological polar surface area (TPSA) is 45.7 Å². The number of ether oxygens (including phenoxy) is 1. The minimum atomic E-state index is -0.237. The Morgan fingerprint density at radius 3 is 2.92 bits per heavy atom. The summed E-state index contributed by atoms with van der Waals surface area (Å²) in [6, 6.07) is 12.4. The maximum atomic E-state index is 13.1. The molecular weight excluding hydrogens is 314 g/mol. The molecule has 2 aliphatic heterocycles. The summed E-state index contributed by atoms with van der Waals surface area (Å²) < 4.78 is 5.16. The third-order valence-electron chi connectivity index (χ3n) is 5.65. The van der Waals surface area contributed by atoms with Crippen molar-refractivity contribution in [3.8, 4) is 0 Å². The standard InChI is InChI=1S/C20H25N3O2/c1-25-14-13-22-11-4-9-20(19(22)24)10-12-23(15-20)18-8-7-16-5-2-3-6-17(16)21-18/h2-3,5-8H,4,9-15H2,1H3/t20-/m0/s1. The first-order valence-corrected chi connectivity index (χ1v) is 9.11. The largest absolute Gasteiger partial charge is 0.383 e. The summed E-state index contributed by atoms with van der Waals surface area (Å²) in [7, 11) is 1.69. The first kappa shape index (κ1) is 16.3. The second-order valence-electron chi connectivity index (χ2n) is 7.20. The number of carbonyl (C=O) groups is 1. The van der Waals surface area contributed by atoms with Crippen LogP contribution in [0.2, 0.25) is 0 Å². The van der Waals surface area contributed by atoms with Gasteiger partial charge in [-0.05, 0) is 37.5 Å². The third kappa shape index (κ3) is 2.97. The van der Waals surface area contributed by atoms with E-state index in [2.05, 4.69) is 23.1 Å². The van der Waals surface area contributed by atoms with Crippen LogP contribution in [0.5, 0.6) is 0 Å². The summed E-state index contributed by atoms with van der Waals surface area (Å²) in [6.45, 7) is 3.84. The van der Waals surface area contributed by atoms with Crippen LogP contribution in [-0.2, 0) is 9.53 Å². The lowest BCUT2D eigenvalue weighted by molar-refractivity contribution is -0.145. The van der Waals surface area contributed by atoms with Crippen LogP contribution >= 0.6 is 0 Å². The van der Waals surface area contributed by atoms with Crippen molar-refractivity contribution >= 4 is 22.6 Å². The Bertz CT molecular complexity index is 778. The van der Waals surface area contributed by atoms with Crippen molar-refractivity contribution in [2.75, 3.05) is 44.8 Å². The monoisotopic (exact) mass is 339 g/mol. The number of hydrogen-bond acceptors (Lipinski definition) is 4. The number of aromatic nitrogens is 1. The molecule has 1 aromatic carbocycles. The van der Waals surface area contributed by atoms with Gasteiger partial charge in [-0.3, -0.25) is 4.79 Å². The molecule has 5 heteroatoms. The fourth-order valence-electron chi connectivity index (χ4n) is 4.25. The molecule has 25 heavy (non-hydrogen) atoms. The van der Waals surface area contributed by atoms with Gasteiger partial charge < -0.3 is 14.5 Å². The molecule has 4 rings (SSSR count). The van der Waals surface area contributed by atoms with E-state index in [1.807, 2.05) is 23.1 Å². The molecule has 1 amide bonds. The number of pyridine rings is 1.